The monoisotopic (exact) mass is 414 g/mol. The van der Waals surface area contributed by atoms with E-state index in [0.717, 1.165) is 28.1 Å². The van der Waals surface area contributed by atoms with E-state index in [4.69, 9.17) is 0 Å². The first kappa shape index (κ1) is 21.8. The van der Waals surface area contributed by atoms with Crippen molar-refractivity contribution in [2.45, 2.75) is 26.4 Å². The molecule has 2 amide bonds. The van der Waals surface area contributed by atoms with E-state index >= 15 is 0 Å². The van der Waals surface area contributed by atoms with Crippen LogP contribution in [0.15, 0.2) is 79.6 Å². The van der Waals surface area contributed by atoms with Gasteiger partial charge in [-0.1, -0.05) is 30.8 Å². The molecule has 158 valence electrons. The molecule has 3 N–H and O–H groups in total. The maximum Gasteiger partial charge on any atom is 0.257 e. The molecular formula is C25H26N4O2. The van der Waals surface area contributed by atoms with Gasteiger partial charge in [-0.15, -0.1) is 0 Å². The van der Waals surface area contributed by atoms with Crippen LogP contribution in [-0.4, -0.2) is 16.8 Å². The summed E-state index contributed by atoms with van der Waals surface area (Å²) < 4.78 is 0. The van der Waals surface area contributed by atoms with E-state index < -0.39 is 0 Å². The van der Waals surface area contributed by atoms with Crippen molar-refractivity contribution in [1.82, 2.24) is 10.3 Å². The summed E-state index contributed by atoms with van der Waals surface area (Å²) in [5.74, 6) is -0.393. The summed E-state index contributed by atoms with van der Waals surface area (Å²) in [5, 5.41) is 9.17. The molecular weight excluding hydrogens is 388 g/mol. The second-order valence-electron chi connectivity index (χ2n) is 7.32. The van der Waals surface area contributed by atoms with Crippen molar-refractivity contribution in [3.63, 3.8) is 0 Å². The minimum atomic E-state index is -0.202. The van der Waals surface area contributed by atoms with Crippen LogP contribution < -0.4 is 16.0 Å². The lowest BCUT2D eigenvalue weighted by molar-refractivity contribution is -0.116. The van der Waals surface area contributed by atoms with Crippen LogP contribution in [0.5, 0.6) is 0 Å². The second-order valence-corrected chi connectivity index (χ2v) is 7.32. The Hall–Kier alpha value is -3.93. The van der Waals surface area contributed by atoms with Gasteiger partial charge in [0.1, 0.15) is 0 Å². The molecule has 0 aliphatic heterocycles. The molecule has 3 aromatic rings. The molecule has 0 saturated heterocycles. The maximum atomic E-state index is 12.5. The van der Waals surface area contributed by atoms with Crippen LogP contribution >= 0.6 is 0 Å². The molecule has 0 saturated carbocycles. The SMILES string of the molecule is C=CC(=O)NCc1cccc(N[C@@H](C)c2cccc(NC(=O)c3cncc(C)c3)c2)c1. The van der Waals surface area contributed by atoms with Crippen LogP contribution in [0, 0.1) is 6.92 Å². The van der Waals surface area contributed by atoms with Crippen LogP contribution in [0.3, 0.4) is 0 Å². The van der Waals surface area contributed by atoms with E-state index in [1.54, 1.807) is 18.5 Å². The standard InChI is InChI=1S/C25H26N4O2/c1-4-24(30)27-15-19-7-5-9-22(12-19)28-18(3)20-8-6-10-23(13-20)29-25(31)21-11-17(2)14-26-16-21/h4-14,16,18,28H,1,15H2,2-3H3,(H,27,30)(H,29,31)/t18-/m0/s1. The fourth-order valence-electron chi connectivity index (χ4n) is 3.13. The Kier molecular flexibility index (Phi) is 7.17. The molecule has 0 radical (unpaired) electrons. The van der Waals surface area contributed by atoms with Gasteiger partial charge in [0.2, 0.25) is 5.91 Å². The highest BCUT2D eigenvalue weighted by Crippen LogP contribution is 2.23. The number of carbonyl (C=O) groups excluding carboxylic acids is 2. The number of hydrogen-bond acceptors (Lipinski definition) is 4. The van der Waals surface area contributed by atoms with E-state index in [1.165, 1.54) is 6.08 Å². The zero-order valence-corrected chi connectivity index (χ0v) is 17.7. The molecule has 0 unspecified atom stereocenters. The first-order chi connectivity index (χ1) is 14.9. The third-order valence-electron chi connectivity index (χ3n) is 4.74. The largest absolute Gasteiger partial charge is 0.379 e. The van der Waals surface area contributed by atoms with Gasteiger partial charge in [-0.25, -0.2) is 0 Å². The molecule has 1 heterocycles. The van der Waals surface area contributed by atoms with E-state index in [-0.39, 0.29) is 17.9 Å². The smallest absolute Gasteiger partial charge is 0.257 e. The first-order valence-electron chi connectivity index (χ1n) is 10.0. The number of aryl methyl sites for hydroxylation is 1. The molecule has 0 bridgehead atoms. The minimum Gasteiger partial charge on any atom is -0.379 e. The molecule has 6 heteroatoms. The quantitative estimate of drug-likeness (QED) is 0.470. The van der Waals surface area contributed by atoms with Crippen molar-refractivity contribution in [3.8, 4) is 0 Å². The highest BCUT2D eigenvalue weighted by Gasteiger charge is 2.10. The van der Waals surface area contributed by atoms with Gasteiger partial charge in [-0.05, 0) is 66.9 Å². The number of benzene rings is 2. The Morgan fingerprint density at radius 3 is 2.61 bits per heavy atom. The van der Waals surface area contributed by atoms with Crippen LogP contribution in [0.1, 0.15) is 40.0 Å². The molecule has 1 atom stereocenters. The Bertz CT molecular complexity index is 1090. The summed E-state index contributed by atoms with van der Waals surface area (Å²) in [4.78, 5) is 27.9. The zero-order valence-electron chi connectivity index (χ0n) is 17.7. The van der Waals surface area contributed by atoms with Crippen molar-refractivity contribution < 1.29 is 9.59 Å². The average Bonchev–Trinajstić information content (AvgIpc) is 2.78. The number of carbonyl (C=O) groups is 2. The van der Waals surface area contributed by atoms with Crippen LogP contribution in [0.2, 0.25) is 0 Å². The molecule has 0 aliphatic rings. The fourth-order valence-corrected chi connectivity index (χ4v) is 3.13. The maximum absolute atomic E-state index is 12.5. The molecule has 31 heavy (non-hydrogen) atoms. The Morgan fingerprint density at radius 1 is 1.06 bits per heavy atom. The van der Waals surface area contributed by atoms with E-state index in [1.807, 2.05) is 55.5 Å². The van der Waals surface area contributed by atoms with Gasteiger partial charge < -0.3 is 16.0 Å². The lowest BCUT2D eigenvalue weighted by Crippen LogP contribution is -2.20. The number of nitrogens with one attached hydrogen (secondary N) is 3. The van der Waals surface area contributed by atoms with Gasteiger partial charge in [-0.3, -0.25) is 14.6 Å². The molecule has 1 aromatic heterocycles. The minimum absolute atomic E-state index is 0.00973. The van der Waals surface area contributed by atoms with E-state index in [2.05, 4.69) is 34.4 Å². The predicted octanol–water partition coefficient (Wildman–Crippen LogP) is 4.62. The molecule has 6 nitrogen and oxygen atoms in total. The summed E-state index contributed by atoms with van der Waals surface area (Å²) >= 11 is 0. The summed E-state index contributed by atoms with van der Waals surface area (Å²) in [7, 11) is 0. The lowest BCUT2D eigenvalue weighted by atomic mass is 10.1. The summed E-state index contributed by atoms with van der Waals surface area (Å²) in [6.45, 7) is 7.85. The normalized spacial score (nSPS) is 11.3. The average molecular weight is 415 g/mol. The topological polar surface area (TPSA) is 83.1 Å². The third kappa shape index (κ3) is 6.27. The number of hydrogen-bond donors (Lipinski definition) is 3. The third-order valence-corrected chi connectivity index (χ3v) is 4.74. The Balaban J connectivity index is 1.66. The first-order valence-corrected chi connectivity index (χ1v) is 10.0. The zero-order chi connectivity index (χ0) is 22.2. The number of pyridine rings is 1. The van der Waals surface area contributed by atoms with Crippen LogP contribution in [0.25, 0.3) is 0 Å². The highest BCUT2D eigenvalue weighted by atomic mass is 16.2. The number of aromatic nitrogens is 1. The van der Waals surface area contributed by atoms with E-state index in [0.29, 0.717) is 12.1 Å². The predicted molar refractivity (Wildman–Crippen MR) is 124 cm³/mol. The van der Waals surface area contributed by atoms with E-state index in [9.17, 15) is 9.59 Å². The lowest BCUT2D eigenvalue weighted by Gasteiger charge is -2.17. The fraction of sp³-hybridized carbons (Fsp3) is 0.160. The van der Waals surface area contributed by atoms with Crippen molar-refractivity contribution >= 4 is 23.2 Å². The van der Waals surface area contributed by atoms with Crippen molar-refractivity contribution in [2.24, 2.45) is 0 Å². The van der Waals surface area contributed by atoms with Crippen molar-refractivity contribution in [3.05, 3.63) is 102 Å². The number of rotatable bonds is 8. The van der Waals surface area contributed by atoms with Crippen molar-refractivity contribution in [2.75, 3.05) is 10.6 Å². The van der Waals surface area contributed by atoms with Crippen LogP contribution in [-0.2, 0) is 11.3 Å². The highest BCUT2D eigenvalue weighted by molar-refractivity contribution is 6.04. The van der Waals surface area contributed by atoms with Gasteiger partial charge in [0, 0.05) is 36.4 Å². The molecule has 2 aromatic carbocycles. The van der Waals surface area contributed by atoms with Crippen LogP contribution in [0.4, 0.5) is 11.4 Å². The van der Waals surface area contributed by atoms with Gasteiger partial charge in [0.05, 0.1) is 5.56 Å². The second kappa shape index (κ2) is 10.2. The summed E-state index contributed by atoms with van der Waals surface area (Å²) in [6.07, 6.45) is 4.53. The number of amides is 2. The Labute approximate surface area is 182 Å². The molecule has 0 fully saturated rings. The molecule has 3 rings (SSSR count). The van der Waals surface area contributed by atoms with Gasteiger partial charge >= 0.3 is 0 Å². The van der Waals surface area contributed by atoms with Gasteiger partial charge in [-0.2, -0.15) is 0 Å². The molecule has 0 spiro atoms. The van der Waals surface area contributed by atoms with Crippen molar-refractivity contribution in [1.29, 1.82) is 0 Å². The Morgan fingerprint density at radius 2 is 1.84 bits per heavy atom. The van der Waals surface area contributed by atoms with Gasteiger partial charge in [0.25, 0.3) is 5.91 Å². The number of nitrogens with zero attached hydrogens (tertiary/aromatic N) is 1. The summed E-state index contributed by atoms with van der Waals surface area (Å²) in [5.41, 5.74) is 5.14. The molecule has 0 aliphatic carbocycles. The number of anilines is 2. The summed E-state index contributed by atoms with van der Waals surface area (Å²) in [6, 6.07) is 17.4. The van der Waals surface area contributed by atoms with Gasteiger partial charge in [0.15, 0.2) is 0 Å².